The number of nitrogens with two attached hydrogens (primary N) is 1. The fourth-order valence-electron chi connectivity index (χ4n) is 1.70. The number of nitrogens with zero attached hydrogens (tertiary/aromatic N) is 1. The van der Waals surface area contributed by atoms with Gasteiger partial charge in [-0.05, 0) is 35.4 Å². The Balaban J connectivity index is 2.52. The van der Waals surface area contributed by atoms with Gasteiger partial charge in [0.25, 0.3) is 0 Å². The lowest BCUT2D eigenvalue weighted by molar-refractivity contribution is 0.605. The maximum Gasteiger partial charge on any atom is 0.123 e. The highest BCUT2D eigenvalue weighted by Crippen LogP contribution is 2.31. The van der Waals surface area contributed by atoms with E-state index < -0.39 is 6.04 Å². The van der Waals surface area contributed by atoms with Gasteiger partial charge in [-0.2, -0.15) is 0 Å². The Bertz CT molecular complexity index is 563. The zero-order chi connectivity index (χ0) is 13.1. The number of hydrogen-bond acceptors (Lipinski definition) is 3. The van der Waals surface area contributed by atoms with Crippen molar-refractivity contribution in [3.05, 3.63) is 63.6 Å². The largest absolute Gasteiger partial charge is 0.271 e. The molecule has 0 amide bonds. The van der Waals surface area contributed by atoms with E-state index in [1.165, 1.54) is 24.4 Å². The van der Waals surface area contributed by atoms with E-state index in [4.69, 9.17) is 29.0 Å². The minimum atomic E-state index is -0.497. The lowest BCUT2D eigenvalue weighted by Gasteiger charge is -2.19. The molecular weight excluding hydrogens is 276 g/mol. The Labute approximate surface area is 114 Å². The molecule has 0 aliphatic rings. The molecule has 0 spiro atoms. The number of hydrazine groups is 1. The van der Waals surface area contributed by atoms with Crippen LogP contribution >= 0.6 is 23.2 Å². The monoisotopic (exact) mass is 285 g/mol. The number of nitrogens with one attached hydrogen (secondary N) is 1. The highest BCUT2D eigenvalue weighted by atomic mass is 35.5. The number of hydrogen-bond donors (Lipinski definition) is 2. The molecule has 1 atom stereocenters. The molecule has 0 saturated heterocycles. The third-order valence-corrected chi connectivity index (χ3v) is 3.21. The van der Waals surface area contributed by atoms with Crippen LogP contribution < -0.4 is 11.3 Å². The highest BCUT2D eigenvalue weighted by Gasteiger charge is 2.18. The Hall–Kier alpha value is -1.20. The lowest BCUT2D eigenvalue weighted by atomic mass is 10.00. The van der Waals surface area contributed by atoms with Crippen LogP contribution in [0.1, 0.15) is 17.2 Å². The molecule has 1 heterocycles. The molecule has 0 aliphatic heterocycles. The molecular formula is C12H10Cl2FN3. The van der Waals surface area contributed by atoms with E-state index in [9.17, 15) is 4.39 Å². The van der Waals surface area contributed by atoms with Gasteiger partial charge in [0.1, 0.15) is 5.82 Å². The number of rotatable bonds is 3. The van der Waals surface area contributed by atoms with Crippen LogP contribution in [0.25, 0.3) is 0 Å². The predicted octanol–water partition coefficient (Wildman–Crippen LogP) is 3.08. The average molecular weight is 286 g/mol. The van der Waals surface area contributed by atoms with Crippen LogP contribution in [-0.4, -0.2) is 4.98 Å². The van der Waals surface area contributed by atoms with Crippen LogP contribution in [0.2, 0.25) is 10.0 Å². The van der Waals surface area contributed by atoms with E-state index in [1.54, 1.807) is 12.3 Å². The van der Waals surface area contributed by atoms with Gasteiger partial charge in [0.15, 0.2) is 0 Å². The van der Waals surface area contributed by atoms with Gasteiger partial charge in [0.05, 0.1) is 11.1 Å². The zero-order valence-electron chi connectivity index (χ0n) is 9.20. The van der Waals surface area contributed by atoms with Gasteiger partial charge < -0.3 is 0 Å². The fourth-order valence-corrected chi connectivity index (χ4v) is 2.16. The van der Waals surface area contributed by atoms with Crippen molar-refractivity contribution in [3.63, 3.8) is 0 Å². The van der Waals surface area contributed by atoms with Crippen molar-refractivity contribution >= 4 is 23.2 Å². The molecule has 0 radical (unpaired) electrons. The molecule has 2 rings (SSSR count). The van der Waals surface area contributed by atoms with Crippen molar-refractivity contribution in [3.8, 4) is 0 Å². The Kier molecular flexibility index (Phi) is 4.14. The van der Waals surface area contributed by atoms with E-state index >= 15 is 0 Å². The van der Waals surface area contributed by atoms with E-state index in [-0.39, 0.29) is 5.82 Å². The van der Waals surface area contributed by atoms with Crippen molar-refractivity contribution in [2.24, 2.45) is 5.84 Å². The minimum Gasteiger partial charge on any atom is -0.271 e. The topological polar surface area (TPSA) is 50.9 Å². The molecule has 0 bridgehead atoms. The first kappa shape index (κ1) is 13.2. The Morgan fingerprint density at radius 3 is 2.61 bits per heavy atom. The summed E-state index contributed by atoms with van der Waals surface area (Å²) < 4.78 is 13.3. The first-order chi connectivity index (χ1) is 8.63. The van der Waals surface area contributed by atoms with Crippen LogP contribution in [0.15, 0.2) is 36.7 Å². The van der Waals surface area contributed by atoms with Crippen LogP contribution in [-0.2, 0) is 0 Å². The van der Waals surface area contributed by atoms with Gasteiger partial charge in [-0.25, -0.2) is 9.82 Å². The van der Waals surface area contributed by atoms with Crippen LogP contribution in [0.5, 0.6) is 0 Å². The van der Waals surface area contributed by atoms with Gasteiger partial charge in [-0.3, -0.25) is 10.8 Å². The molecule has 18 heavy (non-hydrogen) atoms. The molecule has 1 aromatic carbocycles. The number of benzene rings is 1. The van der Waals surface area contributed by atoms with Crippen LogP contribution in [0.4, 0.5) is 4.39 Å². The number of aromatic nitrogens is 1. The average Bonchev–Trinajstić information content (AvgIpc) is 2.36. The van der Waals surface area contributed by atoms with Crippen molar-refractivity contribution in [2.75, 3.05) is 0 Å². The van der Waals surface area contributed by atoms with Gasteiger partial charge >= 0.3 is 0 Å². The first-order valence-electron chi connectivity index (χ1n) is 5.14. The first-order valence-corrected chi connectivity index (χ1v) is 5.89. The van der Waals surface area contributed by atoms with Crippen molar-refractivity contribution in [1.82, 2.24) is 10.4 Å². The molecule has 94 valence electrons. The summed E-state index contributed by atoms with van der Waals surface area (Å²) in [5.41, 5.74) is 3.78. The molecule has 3 nitrogen and oxygen atoms in total. The number of halogens is 3. The lowest BCUT2D eigenvalue weighted by Crippen LogP contribution is -2.29. The molecule has 1 unspecified atom stereocenters. The second-order valence-electron chi connectivity index (χ2n) is 3.66. The Morgan fingerprint density at radius 1 is 1.17 bits per heavy atom. The van der Waals surface area contributed by atoms with Gasteiger partial charge in [0, 0.05) is 17.4 Å². The summed E-state index contributed by atoms with van der Waals surface area (Å²) in [6, 6.07) is 5.29. The minimum absolute atomic E-state index is 0.389. The summed E-state index contributed by atoms with van der Waals surface area (Å²) in [5.74, 6) is 5.13. The van der Waals surface area contributed by atoms with E-state index in [1.807, 2.05) is 0 Å². The summed E-state index contributed by atoms with van der Waals surface area (Å²) in [6.07, 6.45) is 3.08. The summed E-state index contributed by atoms with van der Waals surface area (Å²) in [6.45, 7) is 0. The second kappa shape index (κ2) is 5.63. The number of pyridine rings is 1. The van der Waals surface area contributed by atoms with E-state index in [0.717, 1.165) is 0 Å². The fraction of sp³-hybridized carbons (Fsp3) is 0.0833. The van der Waals surface area contributed by atoms with E-state index in [2.05, 4.69) is 10.4 Å². The normalized spacial score (nSPS) is 12.4. The van der Waals surface area contributed by atoms with Crippen molar-refractivity contribution < 1.29 is 4.39 Å². The van der Waals surface area contributed by atoms with Crippen LogP contribution in [0, 0.1) is 5.82 Å². The second-order valence-corrected chi connectivity index (χ2v) is 4.48. The summed E-state index contributed by atoms with van der Waals surface area (Å²) in [4.78, 5) is 3.89. The third-order valence-electron chi connectivity index (χ3n) is 2.55. The standard InChI is InChI=1S/C12H10Cl2FN3/c13-10-2-1-7(15)5-9(10)12(18-16)8-3-4-17-6-11(8)14/h1-6,12,18H,16H2. The molecule has 0 aliphatic carbocycles. The molecule has 1 aromatic heterocycles. The quantitative estimate of drug-likeness (QED) is 0.673. The molecule has 6 heteroatoms. The summed E-state index contributed by atoms with van der Waals surface area (Å²) >= 11 is 12.1. The maximum atomic E-state index is 13.3. The van der Waals surface area contributed by atoms with Crippen LogP contribution in [0.3, 0.4) is 0 Å². The van der Waals surface area contributed by atoms with E-state index in [0.29, 0.717) is 21.2 Å². The van der Waals surface area contributed by atoms with Gasteiger partial charge in [-0.1, -0.05) is 23.2 Å². The Morgan fingerprint density at radius 2 is 1.94 bits per heavy atom. The van der Waals surface area contributed by atoms with Crippen molar-refractivity contribution in [2.45, 2.75) is 6.04 Å². The molecule has 3 N–H and O–H groups in total. The third kappa shape index (κ3) is 2.62. The van der Waals surface area contributed by atoms with Gasteiger partial charge in [0.2, 0.25) is 0 Å². The summed E-state index contributed by atoms with van der Waals surface area (Å²) in [7, 11) is 0. The highest BCUT2D eigenvalue weighted by molar-refractivity contribution is 6.32. The SMILES string of the molecule is NNC(c1ccncc1Cl)c1cc(F)ccc1Cl. The molecule has 0 fully saturated rings. The maximum absolute atomic E-state index is 13.3. The van der Waals surface area contributed by atoms with Crippen molar-refractivity contribution in [1.29, 1.82) is 0 Å². The predicted molar refractivity (Wildman–Crippen MR) is 69.8 cm³/mol. The smallest absolute Gasteiger partial charge is 0.123 e. The molecule has 0 saturated carbocycles. The summed E-state index contributed by atoms with van der Waals surface area (Å²) in [5, 5.41) is 0.841. The molecule has 2 aromatic rings. The zero-order valence-corrected chi connectivity index (χ0v) is 10.7. The van der Waals surface area contributed by atoms with Gasteiger partial charge in [-0.15, -0.1) is 0 Å².